The summed E-state index contributed by atoms with van der Waals surface area (Å²) >= 11 is 0. The van der Waals surface area contributed by atoms with Crippen LogP contribution in [0.5, 0.6) is 0 Å². The van der Waals surface area contributed by atoms with E-state index in [1.165, 1.54) is 12.1 Å². The van der Waals surface area contributed by atoms with Gasteiger partial charge in [-0.15, -0.1) is 0 Å². The molecule has 3 N–H and O–H groups in total. The second-order valence-corrected chi connectivity index (χ2v) is 6.96. The summed E-state index contributed by atoms with van der Waals surface area (Å²) in [4.78, 5) is 25.4. The van der Waals surface area contributed by atoms with Crippen molar-refractivity contribution in [1.82, 2.24) is 20.9 Å². The van der Waals surface area contributed by atoms with Gasteiger partial charge in [-0.1, -0.05) is 12.1 Å². The second kappa shape index (κ2) is 9.07. The normalized spacial score (nSPS) is 17.8. The van der Waals surface area contributed by atoms with Gasteiger partial charge in [0.2, 0.25) is 5.91 Å². The van der Waals surface area contributed by atoms with E-state index in [4.69, 9.17) is 0 Å². The Morgan fingerprint density at radius 2 is 1.89 bits per heavy atom. The Morgan fingerprint density at radius 3 is 2.48 bits per heavy atom. The monoisotopic (exact) mass is 386 g/mol. The molecule has 150 valence electrons. The number of hydrogen-bond donors (Lipinski definition) is 3. The lowest BCUT2D eigenvalue weighted by atomic mass is 10.1. The lowest BCUT2D eigenvalue weighted by Gasteiger charge is -2.17. The van der Waals surface area contributed by atoms with E-state index in [1.54, 1.807) is 0 Å². The third-order valence-electron chi connectivity index (χ3n) is 4.15. The zero-order valence-corrected chi connectivity index (χ0v) is 15.4. The largest absolute Gasteiger partial charge is 0.416 e. The van der Waals surface area contributed by atoms with E-state index in [0.29, 0.717) is 13.1 Å². The molecule has 2 rings (SSSR count). The van der Waals surface area contributed by atoms with Crippen LogP contribution >= 0.6 is 0 Å². The Bertz CT molecular complexity index is 647. The molecule has 1 aliphatic heterocycles. The van der Waals surface area contributed by atoms with Gasteiger partial charge in [-0.3, -0.25) is 9.69 Å². The van der Waals surface area contributed by atoms with Gasteiger partial charge in [-0.2, -0.15) is 13.2 Å². The van der Waals surface area contributed by atoms with E-state index in [0.717, 1.165) is 30.7 Å². The Kier molecular flexibility index (Phi) is 7.06. The molecule has 0 spiro atoms. The molecule has 1 aromatic carbocycles. The molecule has 0 aliphatic carbocycles. The molecule has 1 saturated heterocycles. The summed E-state index contributed by atoms with van der Waals surface area (Å²) in [7, 11) is 0. The van der Waals surface area contributed by atoms with Gasteiger partial charge in [0.05, 0.1) is 12.1 Å². The minimum absolute atomic E-state index is 0.0101. The van der Waals surface area contributed by atoms with Gasteiger partial charge in [-0.05, 0) is 38.0 Å². The third kappa shape index (κ3) is 7.09. The number of likely N-dealkylation sites (tertiary alicyclic amines) is 1. The molecule has 1 atom stereocenters. The first-order valence-corrected chi connectivity index (χ1v) is 8.85. The van der Waals surface area contributed by atoms with Crippen LogP contribution in [-0.4, -0.2) is 48.6 Å². The molecule has 0 aromatic heterocycles. The second-order valence-electron chi connectivity index (χ2n) is 6.96. The summed E-state index contributed by atoms with van der Waals surface area (Å²) in [5, 5.41) is 8.00. The molecule has 0 saturated carbocycles. The quantitative estimate of drug-likeness (QED) is 0.701. The average Bonchev–Trinajstić information content (AvgIpc) is 2.99. The maximum Gasteiger partial charge on any atom is 0.416 e. The number of amides is 3. The van der Waals surface area contributed by atoms with Crippen LogP contribution in [-0.2, 0) is 17.5 Å². The highest BCUT2D eigenvalue weighted by molar-refractivity contribution is 5.84. The van der Waals surface area contributed by atoms with E-state index in [9.17, 15) is 22.8 Å². The number of halogens is 3. The Labute approximate surface area is 156 Å². The molecule has 0 bridgehead atoms. The number of nitrogens with one attached hydrogen (secondary N) is 3. The molecule has 1 heterocycles. The molecule has 6 nitrogen and oxygen atoms in total. The summed E-state index contributed by atoms with van der Waals surface area (Å²) in [6, 6.07) is 4.65. The molecule has 0 radical (unpaired) electrons. The van der Waals surface area contributed by atoms with Crippen molar-refractivity contribution in [2.75, 3.05) is 19.6 Å². The topological polar surface area (TPSA) is 73.5 Å². The highest BCUT2D eigenvalue weighted by atomic mass is 19.4. The minimum atomic E-state index is -4.33. The maximum atomic E-state index is 12.6. The summed E-state index contributed by atoms with van der Waals surface area (Å²) in [5.41, 5.74) is 0.129. The Balaban J connectivity index is 1.73. The van der Waals surface area contributed by atoms with Crippen molar-refractivity contribution in [2.45, 2.75) is 45.1 Å². The Morgan fingerprint density at radius 1 is 1.22 bits per heavy atom. The predicted octanol–water partition coefficient (Wildman–Crippen LogP) is 2.10. The fourth-order valence-electron chi connectivity index (χ4n) is 2.92. The van der Waals surface area contributed by atoms with Crippen LogP contribution in [0, 0.1) is 0 Å². The van der Waals surface area contributed by atoms with Crippen LogP contribution in [0.1, 0.15) is 31.4 Å². The van der Waals surface area contributed by atoms with Crippen LogP contribution in [0.25, 0.3) is 0 Å². The fraction of sp³-hybridized carbons (Fsp3) is 0.556. The lowest BCUT2D eigenvalue weighted by molar-refractivity contribution is -0.137. The van der Waals surface area contributed by atoms with Crippen molar-refractivity contribution >= 4 is 11.9 Å². The minimum Gasteiger partial charge on any atom is -0.352 e. The molecule has 1 aliphatic rings. The van der Waals surface area contributed by atoms with Crippen molar-refractivity contribution in [3.63, 3.8) is 0 Å². The number of rotatable bonds is 6. The van der Waals surface area contributed by atoms with Crippen molar-refractivity contribution in [3.05, 3.63) is 35.4 Å². The number of nitrogens with zero attached hydrogens (tertiary/aromatic N) is 1. The van der Waals surface area contributed by atoms with Crippen LogP contribution < -0.4 is 16.0 Å². The van der Waals surface area contributed by atoms with Gasteiger partial charge < -0.3 is 16.0 Å². The first kappa shape index (κ1) is 21.0. The van der Waals surface area contributed by atoms with Crippen molar-refractivity contribution < 1.29 is 22.8 Å². The van der Waals surface area contributed by atoms with E-state index in [2.05, 4.69) is 20.9 Å². The predicted molar refractivity (Wildman–Crippen MR) is 94.9 cm³/mol. The van der Waals surface area contributed by atoms with Crippen LogP contribution in [0.2, 0.25) is 0 Å². The lowest BCUT2D eigenvalue weighted by Crippen LogP contribution is -2.47. The van der Waals surface area contributed by atoms with Gasteiger partial charge >= 0.3 is 12.2 Å². The van der Waals surface area contributed by atoms with Crippen LogP contribution in [0.3, 0.4) is 0 Å². The van der Waals surface area contributed by atoms with E-state index < -0.39 is 17.8 Å². The number of carbonyl (C=O) groups excluding carboxylic acids is 2. The molecule has 1 unspecified atom stereocenters. The van der Waals surface area contributed by atoms with E-state index in [1.807, 2.05) is 13.8 Å². The van der Waals surface area contributed by atoms with Crippen LogP contribution in [0.15, 0.2) is 24.3 Å². The molecule has 1 aromatic rings. The Hall–Kier alpha value is -2.29. The van der Waals surface area contributed by atoms with Crippen molar-refractivity contribution in [1.29, 1.82) is 0 Å². The summed E-state index contributed by atoms with van der Waals surface area (Å²) in [5.74, 6) is -0.254. The molecular weight excluding hydrogens is 361 g/mol. The number of benzene rings is 1. The summed E-state index contributed by atoms with van der Waals surface area (Å²) in [6.45, 7) is 5.44. The van der Waals surface area contributed by atoms with Gasteiger partial charge in [0, 0.05) is 31.7 Å². The number of alkyl halides is 3. The molecule has 27 heavy (non-hydrogen) atoms. The van der Waals surface area contributed by atoms with Gasteiger partial charge in [-0.25, -0.2) is 4.79 Å². The first-order valence-electron chi connectivity index (χ1n) is 8.85. The maximum absolute atomic E-state index is 12.6. The number of hydrogen-bond acceptors (Lipinski definition) is 3. The van der Waals surface area contributed by atoms with E-state index >= 15 is 0 Å². The van der Waals surface area contributed by atoms with Gasteiger partial charge in [0.15, 0.2) is 0 Å². The van der Waals surface area contributed by atoms with Gasteiger partial charge in [0.25, 0.3) is 0 Å². The van der Waals surface area contributed by atoms with Crippen molar-refractivity contribution in [2.24, 2.45) is 0 Å². The number of urea groups is 1. The standard InChI is InChI=1S/C18H25F3N4O2/c1-12(2)23-16(26)9-22-17(27)24-15-7-8-25(11-15)10-13-3-5-14(6-4-13)18(19,20)21/h3-6,12,15H,7-11H2,1-2H3,(H,23,26)(H2,22,24,27). The molecule has 3 amide bonds. The van der Waals surface area contributed by atoms with Crippen LogP contribution in [0.4, 0.5) is 18.0 Å². The zero-order chi connectivity index (χ0) is 20.0. The summed E-state index contributed by atoms with van der Waals surface area (Å²) in [6.07, 6.45) is -3.59. The molecule has 1 fully saturated rings. The zero-order valence-electron chi connectivity index (χ0n) is 15.4. The molecular formula is C18H25F3N4O2. The summed E-state index contributed by atoms with van der Waals surface area (Å²) < 4.78 is 37.8. The fourth-order valence-corrected chi connectivity index (χ4v) is 2.92. The van der Waals surface area contributed by atoms with Gasteiger partial charge in [0.1, 0.15) is 0 Å². The SMILES string of the molecule is CC(C)NC(=O)CNC(=O)NC1CCN(Cc2ccc(C(F)(F)F)cc2)C1. The highest BCUT2D eigenvalue weighted by Gasteiger charge is 2.30. The highest BCUT2D eigenvalue weighted by Crippen LogP contribution is 2.29. The first-order chi connectivity index (χ1) is 12.6. The smallest absolute Gasteiger partial charge is 0.352 e. The third-order valence-corrected chi connectivity index (χ3v) is 4.15. The van der Waals surface area contributed by atoms with Crippen molar-refractivity contribution in [3.8, 4) is 0 Å². The number of carbonyl (C=O) groups is 2. The molecule has 9 heteroatoms. The van der Waals surface area contributed by atoms with E-state index in [-0.39, 0.29) is 24.5 Å². The average molecular weight is 386 g/mol.